The van der Waals surface area contributed by atoms with Gasteiger partial charge in [-0.3, -0.25) is 0 Å². The van der Waals surface area contributed by atoms with Gasteiger partial charge < -0.3 is 10.5 Å². The third-order valence-corrected chi connectivity index (χ3v) is 3.65. The standard InChI is InChI=1S/C16H19N3O/c17-13-8-6-12(7-9-13)16-18-10-15(11-19-16)20-14-4-2-1-3-5-14/h6-11,14H,1-5,17H2. The first-order valence-electron chi connectivity index (χ1n) is 7.16. The lowest BCUT2D eigenvalue weighted by Gasteiger charge is -2.22. The van der Waals surface area contributed by atoms with Gasteiger partial charge >= 0.3 is 0 Å². The van der Waals surface area contributed by atoms with Gasteiger partial charge in [-0.05, 0) is 49.9 Å². The van der Waals surface area contributed by atoms with Crippen LogP contribution in [0.1, 0.15) is 32.1 Å². The second-order valence-corrected chi connectivity index (χ2v) is 5.24. The maximum atomic E-state index is 5.92. The van der Waals surface area contributed by atoms with Gasteiger partial charge in [0, 0.05) is 11.3 Å². The zero-order valence-corrected chi connectivity index (χ0v) is 11.5. The molecule has 0 spiro atoms. The minimum absolute atomic E-state index is 0.328. The molecule has 0 amide bonds. The van der Waals surface area contributed by atoms with E-state index >= 15 is 0 Å². The van der Waals surface area contributed by atoms with Gasteiger partial charge in [-0.1, -0.05) is 6.42 Å². The van der Waals surface area contributed by atoms with Crippen molar-refractivity contribution in [3.05, 3.63) is 36.7 Å². The molecule has 20 heavy (non-hydrogen) atoms. The number of ether oxygens (including phenoxy) is 1. The summed E-state index contributed by atoms with van der Waals surface area (Å²) in [5.74, 6) is 1.46. The van der Waals surface area contributed by atoms with E-state index in [1.807, 2.05) is 24.3 Å². The summed E-state index contributed by atoms with van der Waals surface area (Å²) in [6.07, 6.45) is 9.96. The lowest BCUT2D eigenvalue weighted by atomic mass is 9.98. The van der Waals surface area contributed by atoms with E-state index in [0.29, 0.717) is 11.9 Å². The van der Waals surface area contributed by atoms with Crippen LogP contribution in [0.15, 0.2) is 36.7 Å². The van der Waals surface area contributed by atoms with Crippen molar-refractivity contribution in [3.8, 4) is 17.1 Å². The molecule has 0 bridgehead atoms. The minimum atomic E-state index is 0.328. The van der Waals surface area contributed by atoms with Crippen molar-refractivity contribution in [2.75, 3.05) is 5.73 Å². The summed E-state index contributed by atoms with van der Waals surface area (Å²) in [5.41, 5.74) is 7.38. The number of aromatic nitrogens is 2. The fourth-order valence-electron chi connectivity index (χ4n) is 2.53. The molecule has 4 heteroatoms. The minimum Gasteiger partial charge on any atom is -0.487 e. The third-order valence-electron chi connectivity index (χ3n) is 3.65. The number of hydrogen-bond donors (Lipinski definition) is 1. The molecule has 0 radical (unpaired) electrons. The largest absolute Gasteiger partial charge is 0.487 e. The van der Waals surface area contributed by atoms with E-state index in [9.17, 15) is 0 Å². The molecule has 3 rings (SSSR count). The van der Waals surface area contributed by atoms with Crippen molar-refractivity contribution in [2.45, 2.75) is 38.2 Å². The van der Waals surface area contributed by atoms with Crippen LogP contribution in [0, 0.1) is 0 Å². The van der Waals surface area contributed by atoms with Gasteiger partial charge in [0.15, 0.2) is 11.6 Å². The van der Waals surface area contributed by atoms with Crippen molar-refractivity contribution < 1.29 is 4.74 Å². The Kier molecular flexibility index (Phi) is 3.81. The molecule has 2 aromatic rings. The SMILES string of the molecule is Nc1ccc(-c2ncc(OC3CCCCC3)cn2)cc1. The first kappa shape index (κ1) is 12.9. The van der Waals surface area contributed by atoms with E-state index in [0.717, 1.165) is 29.8 Å². The molecule has 1 aromatic heterocycles. The lowest BCUT2D eigenvalue weighted by molar-refractivity contribution is 0.154. The summed E-state index contributed by atoms with van der Waals surface area (Å²) in [7, 11) is 0. The van der Waals surface area contributed by atoms with Gasteiger partial charge in [0.1, 0.15) is 0 Å². The average Bonchev–Trinajstić information content (AvgIpc) is 2.50. The fraction of sp³-hybridized carbons (Fsp3) is 0.375. The van der Waals surface area contributed by atoms with Crippen molar-refractivity contribution in [1.82, 2.24) is 9.97 Å². The summed E-state index contributed by atoms with van der Waals surface area (Å²) in [6.45, 7) is 0. The lowest BCUT2D eigenvalue weighted by Crippen LogP contribution is -2.19. The van der Waals surface area contributed by atoms with E-state index < -0.39 is 0 Å². The van der Waals surface area contributed by atoms with E-state index in [4.69, 9.17) is 10.5 Å². The Labute approximate surface area is 119 Å². The average molecular weight is 269 g/mol. The van der Waals surface area contributed by atoms with Crippen molar-refractivity contribution >= 4 is 5.69 Å². The topological polar surface area (TPSA) is 61.0 Å². The molecule has 4 nitrogen and oxygen atoms in total. The highest BCUT2D eigenvalue weighted by Crippen LogP contribution is 2.23. The summed E-state index contributed by atoms with van der Waals surface area (Å²) < 4.78 is 5.92. The van der Waals surface area contributed by atoms with E-state index in [1.165, 1.54) is 19.3 Å². The molecule has 1 saturated carbocycles. The van der Waals surface area contributed by atoms with Crippen LogP contribution in [0.25, 0.3) is 11.4 Å². The Hall–Kier alpha value is -2.10. The van der Waals surface area contributed by atoms with Gasteiger partial charge in [0.25, 0.3) is 0 Å². The highest BCUT2D eigenvalue weighted by molar-refractivity contribution is 5.58. The van der Waals surface area contributed by atoms with Gasteiger partial charge in [0.05, 0.1) is 18.5 Å². The number of nitrogens with two attached hydrogens (primary N) is 1. The van der Waals surface area contributed by atoms with Gasteiger partial charge in [0.2, 0.25) is 0 Å². The van der Waals surface area contributed by atoms with Crippen molar-refractivity contribution in [3.63, 3.8) is 0 Å². The maximum absolute atomic E-state index is 5.92. The van der Waals surface area contributed by atoms with Crippen molar-refractivity contribution in [2.24, 2.45) is 0 Å². The van der Waals surface area contributed by atoms with Gasteiger partial charge in [-0.15, -0.1) is 0 Å². The summed E-state index contributed by atoms with van der Waals surface area (Å²) >= 11 is 0. The second kappa shape index (κ2) is 5.90. The summed E-state index contributed by atoms with van der Waals surface area (Å²) in [4.78, 5) is 8.73. The molecule has 1 aliphatic carbocycles. The monoisotopic (exact) mass is 269 g/mol. The van der Waals surface area contributed by atoms with Crippen LogP contribution >= 0.6 is 0 Å². The second-order valence-electron chi connectivity index (χ2n) is 5.24. The number of rotatable bonds is 3. The zero-order valence-electron chi connectivity index (χ0n) is 11.5. The number of nitrogen functional groups attached to an aromatic ring is 1. The predicted molar refractivity (Wildman–Crippen MR) is 79.4 cm³/mol. The van der Waals surface area contributed by atoms with Crippen LogP contribution in [-0.2, 0) is 0 Å². The number of benzene rings is 1. The molecular weight excluding hydrogens is 250 g/mol. The van der Waals surface area contributed by atoms with E-state index in [-0.39, 0.29) is 0 Å². The fourth-order valence-corrected chi connectivity index (χ4v) is 2.53. The molecular formula is C16H19N3O. The third kappa shape index (κ3) is 3.07. The molecule has 0 atom stereocenters. The Morgan fingerprint density at radius 2 is 1.60 bits per heavy atom. The molecule has 104 valence electrons. The first-order valence-corrected chi connectivity index (χ1v) is 7.16. The normalized spacial score (nSPS) is 16.0. The van der Waals surface area contributed by atoms with Crippen LogP contribution in [0.4, 0.5) is 5.69 Å². The first-order chi connectivity index (χ1) is 9.81. The highest BCUT2D eigenvalue weighted by atomic mass is 16.5. The number of anilines is 1. The number of hydrogen-bond acceptors (Lipinski definition) is 4. The molecule has 0 unspecified atom stereocenters. The maximum Gasteiger partial charge on any atom is 0.159 e. The summed E-state index contributed by atoms with van der Waals surface area (Å²) in [6, 6.07) is 7.55. The quantitative estimate of drug-likeness (QED) is 0.867. The van der Waals surface area contributed by atoms with Crippen LogP contribution < -0.4 is 10.5 Å². The molecule has 2 N–H and O–H groups in total. The Balaban J connectivity index is 1.69. The van der Waals surface area contributed by atoms with E-state index in [2.05, 4.69) is 9.97 Å². The Morgan fingerprint density at radius 3 is 2.25 bits per heavy atom. The Bertz CT molecular complexity index is 545. The summed E-state index contributed by atoms with van der Waals surface area (Å²) in [5, 5.41) is 0. The molecule has 1 aliphatic rings. The van der Waals surface area contributed by atoms with Crippen LogP contribution in [0.3, 0.4) is 0 Å². The Morgan fingerprint density at radius 1 is 0.950 bits per heavy atom. The highest BCUT2D eigenvalue weighted by Gasteiger charge is 2.15. The predicted octanol–water partition coefficient (Wildman–Crippen LogP) is 3.44. The molecule has 0 aliphatic heterocycles. The van der Waals surface area contributed by atoms with Crippen molar-refractivity contribution in [1.29, 1.82) is 0 Å². The molecule has 1 fully saturated rings. The molecule has 0 saturated heterocycles. The zero-order chi connectivity index (χ0) is 13.8. The van der Waals surface area contributed by atoms with Crippen LogP contribution in [0.5, 0.6) is 5.75 Å². The molecule has 1 heterocycles. The number of nitrogens with zero attached hydrogens (tertiary/aromatic N) is 2. The van der Waals surface area contributed by atoms with E-state index in [1.54, 1.807) is 12.4 Å². The smallest absolute Gasteiger partial charge is 0.159 e. The van der Waals surface area contributed by atoms with Gasteiger partial charge in [-0.2, -0.15) is 0 Å². The van der Waals surface area contributed by atoms with Gasteiger partial charge in [-0.25, -0.2) is 9.97 Å². The van der Waals surface area contributed by atoms with Crippen LogP contribution in [-0.4, -0.2) is 16.1 Å². The van der Waals surface area contributed by atoms with Crippen LogP contribution in [0.2, 0.25) is 0 Å². The molecule has 1 aromatic carbocycles.